The van der Waals surface area contributed by atoms with Crippen molar-refractivity contribution in [1.29, 1.82) is 0 Å². The summed E-state index contributed by atoms with van der Waals surface area (Å²) < 4.78 is 0. The molecule has 94 valence electrons. The predicted molar refractivity (Wildman–Crippen MR) is 73.1 cm³/mol. The van der Waals surface area contributed by atoms with Gasteiger partial charge < -0.3 is 10.3 Å². The fraction of sp³-hybridized carbons (Fsp3) is 0.231. The number of anilines is 2. The number of nitrogens with two attached hydrogens (primary N) is 1. The highest BCUT2D eigenvalue weighted by Crippen LogP contribution is 2.14. The first kappa shape index (κ1) is 12.3. The van der Waals surface area contributed by atoms with E-state index < -0.39 is 0 Å². The van der Waals surface area contributed by atoms with Crippen LogP contribution < -0.4 is 16.2 Å². The number of hydrogen-bond donors (Lipinski definition) is 2. The summed E-state index contributed by atoms with van der Waals surface area (Å²) in [6.07, 6.45) is 3.31. The summed E-state index contributed by atoms with van der Waals surface area (Å²) in [6.45, 7) is 2.87. The number of hydrazine groups is 1. The lowest BCUT2D eigenvalue weighted by molar-refractivity contribution is 0.889. The van der Waals surface area contributed by atoms with Crippen molar-refractivity contribution in [3.8, 4) is 0 Å². The van der Waals surface area contributed by atoms with Crippen LogP contribution in [0.1, 0.15) is 11.1 Å². The molecule has 0 saturated heterocycles. The van der Waals surface area contributed by atoms with Gasteiger partial charge in [-0.05, 0) is 12.5 Å². The SMILES string of the molecule is Cc1cccc(CN(C)c2cncc(NN)n2)c1. The van der Waals surface area contributed by atoms with E-state index in [9.17, 15) is 0 Å². The first-order valence-electron chi connectivity index (χ1n) is 5.74. The van der Waals surface area contributed by atoms with Crippen LogP contribution in [0, 0.1) is 6.92 Å². The lowest BCUT2D eigenvalue weighted by Crippen LogP contribution is -2.19. The van der Waals surface area contributed by atoms with Gasteiger partial charge in [0.05, 0.1) is 12.4 Å². The maximum atomic E-state index is 5.32. The van der Waals surface area contributed by atoms with Gasteiger partial charge in [0.15, 0.2) is 5.82 Å². The lowest BCUT2D eigenvalue weighted by atomic mass is 10.1. The molecule has 1 aromatic carbocycles. The zero-order chi connectivity index (χ0) is 13.0. The molecule has 0 saturated carbocycles. The van der Waals surface area contributed by atoms with E-state index in [2.05, 4.69) is 46.6 Å². The van der Waals surface area contributed by atoms with Crippen molar-refractivity contribution >= 4 is 11.6 Å². The van der Waals surface area contributed by atoms with Crippen molar-refractivity contribution < 1.29 is 0 Å². The van der Waals surface area contributed by atoms with Gasteiger partial charge in [-0.25, -0.2) is 10.8 Å². The predicted octanol–water partition coefficient (Wildman–Crippen LogP) is 1.71. The third-order valence-corrected chi connectivity index (χ3v) is 2.66. The highest BCUT2D eigenvalue weighted by atomic mass is 15.3. The van der Waals surface area contributed by atoms with Crippen LogP contribution in [0.2, 0.25) is 0 Å². The smallest absolute Gasteiger partial charge is 0.160 e. The lowest BCUT2D eigenvalue weighted by Gasteiger charge is -2.18. The maximum Gasteiger partial charge on any atom is 0.160 e. The molecule has 0 atom stereocenters. The Kier molecular flexibility index (Phi) is 3.74. The molecule has 2 rings (SSSR count). The molecule has 0 bridgehead atoms. The molecule has 1 heterocycles. The average molecular weight is 243 g/mol. The number of aryl methyl sites for hydroxylation is 1. The number of nitrogen functional groups attached to an aromatic ring is 1. The number of rotatable bonds is 4. The molecular formula is C13H17N5. The molecular weight excluding hydrogens is 226 g/mol. The first-order valence-corrected chi connectivity index (χ1v) is 5.74. The highest BCUT2D eigenvalue weighted by Gasteiger charge is 2.05. The fourth-order valence-electron chi connectivity index (χ4n) is 1.77. The number of benzene rings is 1. The standard InChI is InChI=1S/C13H17N5/c1-10-4-3-5-11(6-10)9-18(2)13-8-15-7-12(16-13)17-14/h3-8H,9,14H2,1-2H3,(H,16,17). The van der Waals surface area contributed by atoms with E-state index in [0.717, 1.165) is 12.4 Å². The fourth-order valence-corrected chi connectivity index (χ4v) is 1.77. The van der Waals surface area contributed by atoms with Gasteiger partial charge in [-0.2, -0.15) is 0 Å². The quantitative estimate of drug-likeness (QED) is 0.632. The largest absolute Gasteiger partial charge is 0.354 e. The Morgan fingerprint density at radius 2 is 2.17 bits per heavy atom. The number of aromatic nitrogens is 2. The third kappa shape index (κ3) is 2.95. The maximum absolute atomic E-state index is 5.32. The van der Waals surface area contributed by atoms with E-state index in [1.165, 1.54) is 11.1 Å². The van der Waals surface area contributed by atoms with Crippen LogP contribution in [0.4, 0.5) is 11.6 Å². The van der Waals surface area contributed by atoms with E-state index in [1.54, 1.807) is 12.4 Å². The Morgan fingerprint density at radius 1 is 1.33 bits per heavy atom. The highest BCUT2D eigenvalue weighted by molar-refractivity contribution is 5.43. The summed E-state index contributed by atoms with van der Waals surface area (Å²) in [4.78, 5) is 10.5. The van der Waals surface area contributed by atoms with E-state index in [0.29, 0.717) is 5.82 Å². The molecule has 0 amide bonds. The summed E-state index contributed by atoms with van der Waals surface area (Å²) in [5, 5.41) is 0. The molecule has 0 spiro atoms. The van der Waals surface area contributed by atoms with Gasteiger partial charge in [-0.15, -0.1) is 0 Å². The van der Waals surface area contributed by atoms with Gasteiger partial charge in [-0.1, -0.05) is 29.8 Å². The van der Waals surface area contributed by atoms with Crippen LogP contribution in [-0.2, 0) is 6.54 Å². The number of nitrogens with one attached hydrogen (secondary N) is 1. The van der Waals surface area contributed by atoms with Crippen molar-refractivity contribution in [3.63, 3.8) is 0 Å². The van der Waals surface area contributed by atoms with Crippen molar-refractivity contribution in [3.05, 3.63) is 47.8 Å². The summed E-state index contributed by atoms with van der Waals surface area (Å²) in [5.41, 5.74) is 4.99. The van der Waals surface area contributed by atoms with Gasteiger partial charge >= 0.3 is 0 Å². The molecule has 0 aliphatic carbocycles. The second kappa shape index (κ2) is 5.46. The normalized spacial score (nSPS) is 10.2. The van der Waals surface area contributed by atoms with Gasteiger partial charge in [0, 0.05) is 13.6 Å². The van der Waals surface area contributed by atoms with Crippen LogP contribution in [0.5, 0.6) is 0 Å². The summed E-state index contributed by atoms with van der Waals surface area (Å²) in [7, 11) is 1.98. The van der Waals surface area contributed by atoms with Crippen molar-refractivity contribution in [1.82, 2.24) is 9.97 Å². The molecule has 0 aliphatic heterocycles. The molecule has 5 heteroatoms. The first-order chi connectivity index (χ1) is 8.69. The molecule has 1 aromatic heterocycles. The minimum atomic E-state index is 0.559. The van der Waals surface area contributed by atoms with Crippen molar-refractivity contribution in [2.45, 2.75) is 13.5 Å². The molecule has 0 fully saturated rings. The Morgan fingerprint density at radius 3 is 2.89 bits per heavy atom. The van der Waals surface area contributed by atoms with Gasteiger partial charge in [0.25, 0.3) is 0 Å². The topological polar surface area (TPSA) is 67.1 Å². The molecule has 0 unspecified atom stereocenters. The van der Waals surface area contributed by atoms with Crippen LogP contribution in [0.3, 0.4) is 0 Å². The minimum Gasteiger partial charge on any atom is -0.354 e. The molecule has 2 aromatic rings. The average Bonchev–Trinajstić information content (AvgIpc) is 2.39. The van der Waals surface area contributed by atoms with Gasteiger partial charge in [0.1, 0.15) is 5.82 Å². The molecule has 3 N–H and O–H groups in total. The van der Waals surface area contributed by atoms with E-state index in [1.807, 2.05) is 11.9 Å². The van der Waals surface area contributed by atoms with Gasteiger partial charge in [-0.3, -0.25) is 4.98 Å². The second-order valence-corrected chi connectivity index (χ2v) is 4.25. The Labute approximate surface area is 107 Å². The van der Waals surface area contributed by atoms with E-state index >= 15 is 0 Å². The third-order valence-electron chi connectivity index (χ3n) is 2.66. The summed E-state index contributed by atoms with van der Waals surface area (Å²) >= 11 is 0. The Balaban J connectivity index is 2.13. The van der Waals surface area contributed by atoms with Crippen LogP contribution in [0.15, 0.2) is 36.7 Å². The molecule has 5 nitrogen and oxygen atoms in total. The van der Waals surface area contributed by atoms with Crippen molar-refractivity contribution in [2.24, 2.45) is 5.84 Å². The second-order valence-electron chi connectivity index (χ2n) is 4.25. The van der Waals surface area contributed by atoms with Crippen LogP contribution >= 0.6 is 0 Å². The Bertz CT molecular complexity index is 526. The van der Waals surface area contributed by atoms with Crippen LogP contribution in [0.25, 0.3) is 0 Å². The van der Waals surface area contributed by atoms with Crippen molar-refractivity contribution in [2.75, 3.05) is 17.4 Å². The molecule has 0 radical (unpaired) electrons. The molecule has 0 aliphatic rings. The van der Waals surface area contributed by atoms with E-state index in [4.69, 9.17) is 5.84 Å². The van der Waals surface area contributed by atoms with Crippen LogP contribution in [-0.4, -0.2) is 17.0 Å². The minimum absolute atomic E-state index is 0.559. The summed E-state index contributed by atoms with van der Waals surface area (Å²) in [5.74, 6) is 6.66. The Hall–Kier alpha value is -2.14. The van der Waals surface area contributed by atoms with E-state index in [-0.39, 0.29) is 0 Å². The number of hydrogen-bond acceptors (Lipinski definition) is 5. The zero-order valence-corrected chi connectivity index (χ0v) is 10.6. The zero-order valence-electron chi connectivity index (χ0n) is 10.6. The summed E-state index contributed by atoms with van der Waals surface area (Å²) in [6, 6.07) is 8.40. The molecule has 18 heavy (non-hydrogen) atoms. The monoisotopic (exact) mass is 243 g/mol. The van der Waals surface area contributed by atoms with Gasteiger partial charge in [0.2, 0.25) is 0 Å². The number of nitrogens with zero attached hydrogens (tertiary/aromatic N) is 3.